The molecule has 1 heterocycles. The second kappa shape index (κ2) is 7.23. The quantitative estimate of drug-likeness (QED) is 0.788. The topological polar surface area (TPSA) is 55.8 Å². The van der Waals surface area contributed by atoms with Gasteiger partial charge in [0.1, 0.15) is 11.5 Å². The highest BCUT2D eigenvalue weighted by molar-refractivity contribution is 7.89. The van der Waals surface area contributed by atoms with Gasteiger partial charge in [-0.05, 0) is 48.7 Å². The molecule has 0 N–H and O–H groups in total. The van der Waals surface area contributed by atoms with Crippen molar-refractivity contribution in [3.05, 3.63) is 53.1 Å². The van der Waals surface area contributed by atoms with Crippen molar-refractivity contribution in [2.45, 2.75) is 23.8 Å². The summed E-state index contributed by atoms with van der Waals surface area (Å²) in [7, 11) is -0.536. The zero-order valence-electron chi connectivity index (χ0n) is 14.1. The molecular formula is C18H20ClNO4S. The van der Waals surface area contributed by atoms with Gasteiger partial charge in [0, 0.05) is 6.54 Å². The first-order chi connectivity index (χ1) is 12.0. The molecule has 3 rings (SSSR count). The van der Waals surface area contributed by atoms with E-state index in [2.05, 4.69) is 0 Å². The van der Waals surface area contributed by atoms with Crippen molar-refractivity contribution >= 4 is 21.6 Å². The molecule has 5 nitrogen and oxygen atoms in total. The van der Waals surface area contributed by atoms with Gasteiger partial charge < -0.3 is 9.47 Å². The Morgan fingerprint density at radius 3 is 2.40 bits per heavy atom. The van der Waals surface area contributed by atoms with Gasteiger partial charge in [-0.15, -0.1) is 0 Å². The normalized spacial score (nSPS) is 18.3. The number of benzene rings is 2. The first-order valence-electron chi connectivity index (χ1n) is 7.96. The van der Waals surface area contributed by atoms with E-state index in [0.29, 0.717) is 12.3 Å². The molecule has 0 bridgehead atoms. The highest BCUT2D eigenvalue weighted by atomic mass is 35.5. The van der Waals surface area contributed by atoms with Crippen molar-refractivity contribution in [3.8, 4) is 11.5 Å². The molecule has 1 aliphatic rings. The smallest absolute Gasteiger partial charge is 0.243 e. The number of methoxy groups -OCH3 is 2. The molecule has 0 aromatic heterocycles. The lowest BCUT2D eigenvalue weighted by molar-refractivity contribution is 0.394. The van der Waals surface area contributed by atoms with Gasteiger partial charge in [0.05, 0.1) is 30.2 Å². The minimum absolute atomic E-state index is 0.179. The molecule has 1 aliphatic heterocycles. The highest BCUT2D eigenvalue weighted by Gasteiger charge is 2.36. The summed E-state index contributed by atoms with van der Waals surface area (Å²) in [6, 6.07) is 11.9. The minimum atomic E-state index is -3.64. The number of ether oxygens (including phenoxy) is 2. The van der Waals surface area contributed by atoms with Gasteiger partial charge in [-0.25, -0.2) is 8.42 Å². The zero-order valence-corrected chi connectivity index (χ0v) is 15.7. The number of sulfonamides is 1. The maximum Gasteiger partial charge on any atom is 0.243 e. The summed E-state index contributed by atoms with van der Waals surface area (Å²) in [5.74, 6) is 1.20. The Labute approximate surface area is 153 Å². The van der Waals surface area contributed by atoms with E-state index in [-0.39, 0.29) is 16.0 Å². The number of nitrogens with zero attached hydrogens (tertiary/aromatic N) is 1. The summed E-state index contributed by atoms with van der Waals surface area (Å²) in [6.07, 6.45) is 1.61. The van der Waals surface area contributed by atoms with Crippen LogP contribution in [0.2, 0.25) is 5.02 Å². The number of halogens is 1. The molecule has 1 atom stereocenters. The monoisotopic (exact) mass is 381 g/mol. The third-order valence-corrected chi connectivity index (χ3v) is 6.63. The predicted octanol–water partition coefficient (Wildman–Crippen LogP) is 3.88. The Hall–Kier alpha value is -1.76. The van der Waals surface area contributed by atoms with Crippen molar-refractivity contribution in [1.29, 1.82) is 0 Å². The average molecular weight is 382 g/mol. The van der Waals surface area contributed by atoms with Crippen molar-refractivity contribution in [3.63, 3.8) is 0 Å². The Morgan fingerprint density at radius 2 is 1.80 bits per heavy atom. The largest absolute Gasteiger partial charge is 0.497 e. The fourth-order valence-electron chi connectivity index (χ4n) is 3.13. The van der Waals surface area contributed by atoms with E-state index >= 15 is 0 Å². The van der Waals surface area contributed by atoms with Crippen molar-refractivity contribution in [2.24, 2.45) is 0 Å². The van der Waals surface area contributed by atoms with Crippen molar-refractivity contribution in [1.82, 2.24) is 4.31 Å². The van der Waals surface area contributed by atoms with Crippen molar-refractivity contribution < 1.29 is 17.9 Å². The van der Waals surface area contributed by atoms with E-state index in [0.717, 1.165) is 24.2 Å². The molecule has 2 aromatic rings. The van der Waals surface area contributed by atoms with E-state index in [1.165, 1.54) is 19.2 Å². The van der Waals surface area contributed by atoms with Crippen LogP contribution in [0.25, 0.3) is 0 Å². The molecule has 134 valence electrons. The van der Waals surface area contributed by atoms with E-state index in [1.807, 2.05) is 24.3 Å². The molecule has 0 saturated carbocycles. The molecule has 25 heavy (non-hydrogen) atoms. The lowest BCUT2D eigenvalue weighted by Crippen LogP contribution is -2.30. The third kappa shape index (κ3) is 3.47. The average Bonchev–Trinajstić information content (AvgIpc) is 3.12. The molecule has 7 heteroatoms. The van der Waals surface area contributed by atoms with E-state index in [1.54, 1.807) is 17.5 Å². The lowest BCUT2D eigenvalue weighted by atomic mass is 10.1. The number of rotatable bonds is 5. The van der Waals surface area contributed by atoms with Crippen LogP contribution in [0.4, 0.5) is 0 Å². The molecule has 0 unspecified atom stereocenters. The van der Waals surface area contributed by atoms with Crippen LogP contribution in [-0.2, 0) is 10.0 Å². The first kappa shape index (κ1) is 18.0. The van der Waals surface area contributed by atoms with Crippen molar-refractivity contribution in [2.75, 3.05) is 20.8 Å². The fourth-order valence-corrected chi connectivity index (χ4v) is 5.16. The molecule has 1 fully saturated rings. The zero-order chi connectivity index (χ0) is 18.0. The number of hydrogen-bond acceptors (Lipinski definition) is 4. The van der Waals surface area contributed by atoms with Crippen LogP contribution in [-0.4, -0.2) is 33.5 Å². The molecule has 1 saturated heterocycles. The van der Waals surface area contributed by atoms with Gasteiger partial charge in [-0.2, -0.15) is 4.31 Å². The van der Waals surface area contributed by atoms with Gasteiger partial charge >= 0.3 is 0 Å². The maximum atomic E-state index is 13.1. The standard InChI is InChI=1S/C18H20ClNO4S/c1-23-14-7-5-13(6-8-14)17-4-3-11-20(17)25(21,22)15-9-10-18(24-2)16(19)12-15/h5-10,12,17H,3-4,11H2,1-2H3/t17-/m1/s1. The van der Waals surface area contributed by atoms with E-state index in [4.69, 9.17) is 21.1 Å². The second-order valence-electron chi connectivity index (χ2n) is 5.84. The Morgan fingerprint density at radius 1 is 1.08 bits per heavy atom. The lowest BCUT2D eigenvalue weighted by Gasteiger charge is -2.25. The van der Waals surface area contributed by atoms with Crippen LogP contribution in [0.3, 0.4) is 0 Å². The Bertz CT molecular complexity index is 852. The Kier molecular flexibility index (Phi) is 5.22. The summed E-state index contributed by atoms with van der Waals surface area (Å²) < 4.78 is 38.0. The summed E-state index contributed by atoms with van der Waals surface area (Å²) in [4.78, 5) is 0.179. The Balaban J connectivity index is 1.93. The van der Waals surface area contributed by atoms with Crippen LogP contribution in [0.5, 0.6) is 11.5 Å². The second-order valence-corrected chi connectivity index (χ2v) is 8.14. The van der Waals surface area contributed by atoms with Crippen LogP contribution in [0.1, 0.15) is 24.4 Å². The summed E-state index contributed by atoms with van der Waals surface area (Å²) in [6.45, 7) is 0.489. The summed E-state index contributed by atoms with van der Waals surface area (Å²) >= 11 is 6.11. The highest BCUT2D eigenvalue weighted by Crippen LogP contribution is 2.38. The molecule has 0 radical (unpaired) electrons. The third-order valence-electron chi connectivity index (χ3n) is 4.43. The molecule has 2 aromatic carbocycles. The molecule has 0 spiro atoms. The summed E-state index contributed by atoms with van der Waals surface area (Å²) in [5.41, 5.74) is 0.960. The van der Waals surface area contributed by atoms with E-state index in [9.17, 15) is 8.42 Å². The van der Waals surface area contributed by atoms with Gasteiger partial charge in [-0.1, -0.05) is 23.7 Å². The molecule has 0 aliphatic carbocycles. The van der Waals surface area contributed by atoms with E-state index < -0.39 is 10.0 Å². The van der Waals surface area contributed by atoms with Crippen LogP contribution in [0.15, 0.2) is 47.4 Å². The maximum absolute atomic E-state index is 13.1. The van der Waals surface area contributed by atoms with Crippen LogP contribution in [0, 0.1) is 0 Å². The van der Waals surface area contributed by atoms with Gasteiger partial charge in [-0.3, -0.25) is 0 Å². The number of hydrogen-bond donors (Lipinski definition) is 0. The van der Waals surface area contributed by atoms with Gasteiger partial charge in [0.25, 0.3) is 0 Å². The SMILES string of the molecule is COc1ccc([C@H]2CCCN2S(=O)(=O)c2ccc(OC)c(Cl)c2)cc1. The summed E-state index contributed by atoms with van der Waals surface area (Å²) in [5, 5.41) is 0.281. The predicted molar refractivity (Wildman–Crippen MR) is 96.9 cm³/mol. The van der Waals surface area contributed by atoms with Crippen LogP contribution < -0.4 is 9.47 Å². The van der Waals surface area contributed by atoms with Crippen LogP contribution >= 0.6 is 11.6 Å². The first-order valence-corrected chi connectivity index (χ1v) is 9.78. The molecular weight excluding hydrogens is 362 g/mol. The van der Waals surface area contributed by atoms with Gasteiger partial charge in [0.15, 0.2) is 0 Å². The fraction of sp³-hybridized carbons (Fsp3) is 0.333. The van der Waals surface area contributed by atoms with Gasteiger partial charge in [0.2, 0.25) is 10.0 Å². The minimum Gasteiger partial charge on any atom is -0.497 e. The molecule has 0 amide bonds.